The Kier molecular flexibility index (Phi) is 6.99. The number of benzene rings is 2. The zero-order chi connectivity index (χ0) is 22.3. The lowest BCUT2D eigenvalue weighted by molar-refractivity contribution is 0.0785. The summed E-state index contributed by atoms with van der Waals surface area (Å²) in [5.41, 5.74) is 1.71. The molecule has 0 unspecified atom stereocenters. The van der Waals surface area contributed by atoms with Gasteiger partial charge in [-0.05, 0) is 68.8 Å². The number of fused-ring (bicyclic) bond motifs is 1. The van der Waals surface area contributed by atoms with Crippen LogP contribution in [-0.2, 0) is 18.0 Å². The molecule has 0 bridgehead atoms. The fourth-order valence-corrected chi connectivity index (χ4v) is 4.13. The molecule has 0 aliphatic carbocycles. The minimum absolute atomic E-state index is 0.224. The molecular formula is C26H29N3O4. The third-order valence-electron chi connectivity index (χ3n) is 5.85. The fraction of sp³-hybridized carbons (Fsp3) is 0.385. The molecule has 3 heterocycles. The van der Waals surface area contributed by atoms with Crippen LogP contribution in [0, 0.1) is 0 Å². The maximum Gasteiger partial charge on any atom is 0.247 e. The van der Waals surface area contributed by atoms with Crippen LogP contribution >= 0.6 is 0 Å². The van der Waals surface area contributed by atoms with Crippen molar-refractivity contribution in [2.75, 3.05) is 26.2 Å². The van der Waals surface area contributed by atoms with Crippen LogP contribution in [0.15, 0.2) is 63.4 Å². The third-order valence-corrected chi connectivity index (χ3v) is 5.85. The normalized spacial score (nSPS) is 14.7. The van der Waals surface area contributed by atoms with Crippen LogP contribution in [-0.4, -0.2) is 41.3 Å². The zero-order valence-corrected chi connectivity index (χ0v) is 18.7. The average Bonchev–Trinajstić information content (AvgIpc) is 3.50. The van der Waals surface area contributed by atoms with Gasteiger partial charge in [-0.3, -0.25) is 0 Å². The first-order chi connectivity index (χ1) is 16.3. The van der Waals surface area contributed by atoms with Gasteiger partial charge < -0.3 is 23.2 Å². The molecule has 2 aromatic carbocycles. The van der Waals surface area contributed by atoms with E-state index < -0.39 is 0 Å². The minimum atomic E-state index is 0.224. The second kappa shape index (κ2) is 10.6. The summed E-state index contributed by atoms with van der Waals surface area (Å²) in [7, 11) is 0. The Labute approximate surface area is 193 Å². The van der Waals surface area contributed by atoms with Gasteiger partial charge in [0.1, 0.15) is 30.3 Å². The minimum Gasteiger partial charge on any atom is -0.494 e. The Morgan fingerprint density at radius 3 is 2.58 bits per heavy atom. The molecule has 0 spiro atoms. The first-order valence-electron chi connectivity index (χ1n) is 11.7. The van der Waals surface area contributed by atoms with E-state index in [-0.39, 0.29) is 6.61 Å². The summed E-state index contributed by atoms with van der Waals surface area (Å²) in [6.07, 6.45) is 5.07. The van der Waals surface area contributed by atoms with Crippen LogP contribution in [0.5, 0.6) is 5.75 Å². The molecule has 1 aliphatic heterocycles. The summed E-state index contributed by atoms with van der Waals surface area (Å²) < 4.78 is 23.1. The van der Waals surface area contributed by atoms with Crippen LogP contribution in [0.1, 0.15) is 37.3 Å². The number of aromatic nitrogens is 2. The smallest absolute Gasteiger partial charge is 0.247 e. The van der Waals surface area contributed by atoms with Crippen LogP contribution < -0.4 is 4.74 Å². The van der Waals surface area contributed by atoms with Crippen LogP contribution in [0.3, 0.4) is 0 Å². The number of nitrogens with zero attached hydrogens (tertiary/aromatic N) is 3. The Balaban J connectivity index is 1.06. The van der Waals surface area contributed by atoms with Crippen molar-refractivity contribution < 1.29 is 18.3 Å². The lowest BCUT2D eigenvalue weighted by Gasteiger charge is -2.26. The van der Waals surface area contributed by atoms with Gasteiger partial charge in [0.25, 0.3) is 0 Å². The molecule has 33 heavy (non-hydrogen) atoms. The van der Waals surface area contributed by atoms with Gasteiger partial charge in [0.2, 0.25) is 11.8 Å². The molecule has 0 N–H and O–H groups in total. The summed E-state index contributed by atoms with van der Waals surface area (Å²) in [6, 6.07) is 17.6. The molecule has 1 aliphatic rings. The Morgan fingerprint density at radius 2 is 1.73 bits per heavy atom. The number of hydrogen-bond acceptors (Lipinski definition) is 7. The number of para-hydroxylation sites is 1. The van der Waals surface area contributed by atoms with E-state index in [1.807, 2.05) is 54.6 Å². The number of likely N-dealkylation sites (tertiary alicyclic amines) is 1. The molecule has 0 radical (unpaired) electrons. The number of piperidine rings is 1. The van der Waals surface area contributed by atoms with Crippen molar-refractivity contribution in [2.24, 2.45) is 0 Å². The van der Waals surface area contributed by atoms with Gasteiger partial charge in [-0.2, -0.15) is 0 Å². The predicted octanol–water partition coefficient (Wildman–Crippen LogP) is 5.45. The fourth-order valence-electron chi connectivity index (χ4n) is 4.13. The lowest BCUT2D eigenvalue weighted by Crippen LogP contribution is -2.31. The molecule has 4 aromatic rings. The molecule has 0 amide bonds. The quantitative estimate of drug-likeness (QED) is 0.299. The van der Waals surface area contributed by atoms with Crippen molar-refractivity contribution in [1.29, 1.82) is 0 Å². The van der Waals surface area contributed by atoms with Gasteiger partial charge in [0.05, 0.1) is 6.61 Å². The van der Waals surface area contributed by atoms with E-state index in [2.05, 4.69) is 15.1 Å². The van der Waals surface area contributed by atoms with Crippen LogP contribution in [0.2, 0.25) is 0 Å². The van der Waals surface area contributed by atoms with Gasteiger partial charge in [-0.15, -0.1) is 10.2 Å². The van der Waals surface area contributed by atoms with E-state index in [0.29, 0.717) is 18.4 Å². The second-order valence-corrected chi connectivity index (χ2v) is 8.37. The van der Waals surface area contributed by atoms with Crippen LogP contribution in [0.4, 0.5) is 0 Å². The van der Waals surface area contributed by atoms with E-state index in [1.165, 1.54) is 32.4 Å². The Hall–Kier alpha value is -3.16. The van der Waals surface area contributed by atoms with E-state index >= 15 is 0 Å². The van der Waals surface area contributed by atoms with Crippen molar-refractivity contribution in [1.82, 2.24) is 15.1 Å². The molecular weight excluding hydrogens is 418 g/mol. The second-order valence-electron chi connectivity index (χ2n) is 8.37. The SMILES string of the molecule is c1ccc2oc(COCc3nnc(-c4ccc(OCCCN5CCCCC5)cc4)o3)cc2c1. The third kappa shape index (κ3) is 5.80. The van der Waals surface area contributed by atoms with Gasteiger partial charge in [-0.1, -0.05) is 24.6 Å². The first-order valence-corrected chi connectivity index (χ1v) is 11.7. The van der Waals surface area contributed by atoms with E-state index in [0.717, 1.165) is 47.6 Å². The zero-order valence-electron chi connectivity index (χ0n) is 18.7. The molecule has 5 rings (SSSR count). The van der Waals surface area contributed by atoms with E-state index in [9.17, 15) is 0 Å². The molecule has 1 saturated heterocycles. The summed E-state index contributed by atoms with van der Waals surface area (Å²) in [4.78, 5) is 2.53. The first kappa shape index (κ1) is 21.7. The summed E-state index contributed by atoms with van der Waals surface area (Å²) in [6.45, 7) is 4.86. The number of hydrogen-bond donors (Lipinski definition) is 0. The number of ether oxygens (including phenoxy) is 2. The van der Waals surface area contributed by atoms with Gasteiger partial charge in [0.15, 0.2) is 0 Å². The Morgan fingerprint density at radius 1 is 0.879 bits per heavy atom. The monoisotopic (exact) mass is 447 g/mol. The number of furan rings is 1. The molecule has 7 nitrogen and oxygen atoms in total. The van der Waals surface area contributed by atoms with Gasteiger partial charge >= 0.3 is 0 Å². The van der Waals surface area contributed by atoms with Crippen LogP contribution in [0.25, 0.3) is 22.4 Å². The number of rotatable bonds is 10. The molecule has 172 valence electrons. The lowest BCUT2D eigenvalue weighted by atomic mass is 10.1. The highest BCUT2D eigenvalue weighted by atomic mass is 16.5. The molecule has 1 fully saturated rings. The molecule has 0 atom stereocenters. The standard InChI is InChI=1S/C26H29N3O4/c1-4-13-29(14-5-1)15-6-16-31-22-11-9-20(10-12-22)26-28-27-25(33-26)19-30-18-23-17-21-7-2-3-8-24(21)32-23/h2-3,7-12,17H,1,4-6,13-16,18-19H2. The largest absolute Gasteiger partial charge is 0.494 e. The van der Waals surface area contributed by atoms with Gasteiger partial charge in [-0.25, -0.2) is 0 Å². The van der Waals surface area contributed by atoms with E-state index in [4.69, 9.17) is 18.3 Å². The molecule has 0 saturated carbocycles. The molecule has 2 aromatic heterocycles. The van der Waals surface area contributed by atoms with Crippen molar-refractivity contribution in [3.05, 3.63) is 66.2 Å². The summed E-state index contributed by atoms with van der Waals surface area (Å²) in [5.74, 6) is 2.52. The van der Waals surface area contributed by atoms with Crippen molar-refractivity contribution in [3.63, 3.8) is 0 Å². The highest BCUT2D eigenvalue weighted by Crippen LogP contribution is 2.23. The average molecular weight is 448 g/mol. The van der Waals surface area contributed by atoms with Gasteiger partial charge in [0, 0.05) is 17.5 Å². The van der Waals surface area contributed by atoms with Crippen molar-refractivity contribution in [3.8, 4) is 17.2 Å². The maximum atomic E-state index is 5.89. The maximum absolute atomic E-state index is 5.89. The van der Waals surface area contributed by atoms with Crippen molar-refractivity contribution >= 4 is 11.0 Å². The highest BCUT2D eigenvalue weighted by molar-refractivity contribution is 5.77. The highest BCUT2D eigenvalue weighted by Gasteiger charge is 2.11. The van der Waals surface area contributed by atoms with E-state index in [1.54, 1.807) is 0 Å². The topological polar surface area (TPSA) is 73.8 Å². The Bertz CT molecular complexity index is 1110. The summed E-state index contributed by atoms with van der Waals surface area (Å²) in [5, 5.41) is 9.28. The van der Waals surface area contributed by atoms with Crippen molar-refractivity contribution in [2.45, 2.75) is 38.9 Å². The predicted molar refractivity (Wildman–Crippen MR) is 125 cm³/mol. The summed E-state index contributed by atoms with van der Waals surface area (Å²) >= 11 is 0. The molecule has 7 heteroatoms.